The number of nitrogen functional groups attached to an aromatic ring is 3. The van der Waals surface area contributed by atoms with E-state index in [0.29, 0.717) is 51.6 Å². The van der Waals surface area contributed by atoms with Gasteiger partial charge in [-0.15, -0.1) is 0 Å². The van der Waals surface area contributed by atoms with Crippen LogP contribution in [0, 0.1) is 0 Å². The van der Waals surface area contributed by atoms with Crippen LogP contribution in [-0.4, -0.2) is 0 Å². The zero-order valence-electron chi connectivity index (χ0n) is 13.9. The van der Waals surface area contributed by atoms with Crippen molar-refractivity contribution in [2.24, 2.45) is 0 Å². The quantitative estimate of drug-likeness (QED) is 0.414. The molecule has 128 valence electrons. The van der Waals surface area contributed by atoms with Crippen molar-refractivity contribution >= 4 is 17.1 Å². The molecule has 0 fully saturated rings. The standard InChI is InChI=1S/C20H15N3O3/c1-20-17-11-2-8(21)3-12(17)25-15-6-10(23)7-16(19(15)20)26-14-5-9(22)4-13(24-11)18(14)20/h2-7H,21-23H2,1H3. The summed E-state index contributed by atoms with van der Waals surface area (Å²) < 4.78 is 18.5. The summed E-state index contributed by atoms with van der Waals surface area (Å²) in [5.41, 5.74) is 22.2. The van der Waals surface area contributed by atoms with Crippen molar-refractivity contribution in [1.82, 2.24) is 0 Å². The third-order valence-corrected chi connectivity index (χ3v) is 5.42. The predicted octanol–water partition coefficient (Wildman–Crippen LogP) is 4.10. The Morgan fingerprint density at radius 1 is 0.538 bits per heavy atom. The maximum atomic E-state index is 6.16. The van der Waals surface area contributed by atoms with Gasteiger partial charge in [-0.1, -0.05) is 0 Å². The first-order chi connectivity index (χ1) is 12.4. The molecule has 0 saturated carbocycles. The number of nitrogens with two attached hydrogens (primary N) is 3. The molecule has 3 aromatic rings. The van der Waals surface area contributed by atoms with E-state index in [4.69, 9.17) is 31.4 Å². The summed E-state index contributed by atoms with van der Waals surface area (Å²) >= 11 is 0. The molecule has 3 aliphatic rings. The molecular formula is C20H15N3O3. The van der Waals surface area contributed by atoms with Crippen molar-refractivity contribution in [2.45, 2.75) is 12.3 Å². The number of ether oxygens (including phenoxy) is 3. The van der Waals surface area contributed by atoms with Crippen molar-refractivity contribution in [2.75, 3.05) is 17.2 Å². The van der Waals surface area contributed by atoms with Gasteiger partial charge in [0.2, 0.25) is 0 Å². The Labute approximate surface area is 149 Å². The third-order valence-electron chi connectivity index (χ3n) is 5.42. The summed E-state index contributed by atoms with van der Waals surface area (Å²) in [4.78, 5) is 0. The molecule has 6 rings (SSSR count). The number of anilines is 3. The van der Waals surface area contributed by atoms with Gasteiger partial charge in [0, 0.05) is 53.5 Å². The fraction of sp³-hybridized carbons (Fsp3) is 0.100. The van der Waals surface area contributed by atoms with Crippen LogP contribution >= 0.6 is 0 Å². The molecule has 0 saturated heterocycles. The molecule has 6 heteroatoms. The maximum Gasteiger partial charge on any atom is 0.137 e. The fourth-order valence-electron chi connectivity index (χ4n) is 4.52. The average molecular weight is 345 g/mol. The first-order valence-corrected chi connectivity index (χ1v) is 8.30. The smallest absolute Gasteiger partial charge is 0.137 e. The molecule has 0 atom stereocenters. The van der Waals surface area contributed by atoms with Gasteiger partial charge < -0.3 is 31.4 Å². The highest BCUT2D eigenvalue weighted by Gasteiger charge is 2.52. The minimum atomic E-state index is -0.510. The van der Waals surface area contributed by atoms with Crippen LogP contribution in [0.5, 0.6) is 34.5 Å². The largest absolute Gasteiger partial charge is 0.456 e. The highest BCUT2D eigenvalue weighted by molar-refractivity contribution is 5.81. The molecule has 3 aromatic carbocycles. The first-order valence-electron chi connectivity index (χ1n) is 8.30. The Bertz CT molecular complexity index is 956. The van der Waals surface area contributed by atoms with Gasteiger partial charge in [0.25, 0.3) is 0 Å². The molecule has 0 aromatic heterocycles. The van der Waals surface area contributed by atoms with E-state index in [-0.39, 0.29) is 0 Å². The Balaban J connectivity index is 1.83. The highest BCUT2D eigenvalue weighted by atomic mass is 16.5. The second-order valence-corrected chi connectivity index (χ2v) is 7.11. The average Bonchev–Trinajstić information content (AvgIpc) is 2.51. The molecule has 0 spiro atoms. The lowest BCUT2D eigenvalue weighted by atomic mass is 9.66. The van der Waals surface area contributed by atoms with Crippen molar-refractivity contribution in [3.8, 4) is 34.5 Å². The van der Waals surface area contributed by atoms with Crippen LogP contribution in [-0.2, 0) is 5.41 Å². The van der Waals surface area contributed by atoms with E-state index < -0.39 is 5.41 Å². The number of benzene rings is 3. The second-order valence-electron chi connectivity index (χ2n) is 7.11. The maximum absolute atomic E-state index is 6.16. The topological polar surface area (TPSA) is 106 Å². The molecule has 3 heterocycles. The zero-order chi connectivity index (χ0) is 17.8. The number of hydrogen-bond acceptors (Lipinski definition) is 6. The molecule has 0 unspecified atom stereocenters. The normalized spacial score (nSPS) is 16.0. The molecule has 26 heavy (non-hydrogen) atoms. The Kier molecular flexibility index (Phi) is 2.10. The van der Waals surface area contributed by atoms with E-state index in [1.165, 1.54) is 0 Å². The number of hydrogen-bond donors (Lipinski definition) is 3. The lowest BCUT2D eigenvalue weighted by Gasteiger charge is -2.46. The molecule has 0 radical (unpaired) electrons. The highest BCUT2D eigenvalue weighted by Crippen LogP contribution is 2.66. The minimum absolute atomic E-state index is 0.510. The molecule has 6 N–H and O–H groups in total. The van der Waals surface area contributed by atoms with E-state index >= 15 is 0 Å². The minimum Gasteiger partial charge on any atom is -0.456 e. The fourth-order valence-corrected chi connectivity index (χ4v) is 4.52. The van der Waals surface area contributed by atoms with E-state index in [0.717, 1.165) is 16.7 Å². The van der Waals surface area contributed by atoms with E-state index in [2.05, 4.69) is 6.92 Å². The van der Waals surface area contributed by atoms with Crippen molar-refractivity contribution in [3.05, 3.63) is 53.1 Å². The molecule has 0 bridgehead atoms. The van der Waals surface area contributed by atoms with Crippen LogP contribution in [0.4, 0.5) is 17.1 Å². The lowest BCUT2D eigenvalue weighted by Crippen LogP contribution is -2.36. The first kappa shape index (κ1) is 13.7. The SMILES string of the molecule is CC12c3c4cc(N)cc3Oc3cc(N)cc(c31)Oc1cc(N)cc(c12)O4. The monoisotopic (exact) mass is 345 g/mol. The molecule has 0 aliphatic carbocycles. The third kappa shape index (κ3) is 1.40. The van der Waals surface area contributed by atoms with E-state index in [9.17, 15) is 0 Å². The van der Waals surface area contributed by atoms with Gasteiger partial charge in [-0.25, -0.2) is 0 Å². The Hall–Kier alpha value is -3.54. The van der Waals surface area contributed by atoms with Crippen LogP contribution in [0.15, 0.2) is 36.4 Å². The van der Waals surface area contributed by atoms with Crippen LogP contribution in [0.2, 0.25) is 0 Å². The number of rotatable bonds is 0. The van der Waals surface area contributed by atoms with Crippen LogP contribution in [0.25, 0.3) is 0 Å². The summed E-state index contributed by atoms with van der Waals surface area (Å²) in [6, 6.07) is 10.9. The van der Waals surface area contributed by atoms with Gasteiger partial charge in [0.1, 0.15) is 34.5 Å². The molecular weight excluding hydrogens is 330 g/mol. The van der Waals surface area contributed by atoms with Gasteiger partial charge in [0.05, 0.1) is 22.1 Å². The van der Waals surface area contributed by atoms with Gasteiger partial charge in [-0.05, 0) is 6.92 Å². The van der Waals surface area contributed by atoms with Crippen molar-refractivity contribution in [1.29, 1.82) is 0 Å². The zero-order valence-corrected chi connectivity index (χ0v) is 13.9. The molecule has 6 nitrogen and oxygen atoms in total. The summed E-state index contributed by atoms with van der Waals surface area (Å²) in [5, 5.41) is 0. The summed E-state index contributed by atoms with van der Waals surface area (Å²) in [5.74, 6) is 4.01. The summed E-state index contributed by atoms with van der Waals surface area (Å²) in [6.45, 7) is 2.15. The van der Waals surface area contributed by atoms with Crippen molar-refractivity contribution in [3.63, 3.8) is 0 Å². The van der Waals surface area contributed by atoms with Gasteiger partial charge in [-0.3, -0.25) is 0 Å². The Morgan fingerprint density at radius 2 is 0.769 bits per heavy atom. The van der Waals surface area contributed by atoms with Gasteiger partial charge >= 0.3 is 0 Å². The van der Waals surface area contributed by atoms with Crippen LogP contribution in [0.3, 0.4) is 0 Å². The van der Waals surface area contributed by atoms with E-state index in [1.807, 2.05) is 36.4 Å². The van der Waals surface area contributed by atoms with Crippen LogP contribution < -0.4 is 31.4 Å². The molecule has 3 aliphatic heterocycles. The summed E-state index contributed by atoms with van der Waals surface area (Å²) in [7, 11) is 0. The van der Waals surface area contributed by atoms with Crippen molar-refractivity contribution < 1.29 is 14.2 Å². The van der Waals surface area contributed by atoms with Gasteiger partial charge in [0.15, 0.2) is 0 Å². The Morgan fingerprint density at radius 3 is 1.00 bits per heavy atom. The molecule has 0 amide bonds. The predicted molar refractivity (Wildman–Crippen MR) is 98.3 cm³/mol. The van der Waals surface area contributed by atoms with Crippen LogP contribution in [0.1, 0.15) is 23.6 Å². The van der Waals surface area contributed by atoms with E-state index in [1.54, 1.807) is 0 Å². The lowest BCUT2D eigenvalue weighted by molar-refractivity contribution is 0.338. The second kappa shape index (κ2) is 3.99. The van der Waals surface area contributed by atoms with Gasteiger partial charge in [-0.2, -0.15) is 0 Å². The summed E-state index contributed by atoms with van der Waals surface area (Å²) in [6.07, 6.45) is 0.